The molecule has 17 heavy (non-hydrogen) atoms. The van der Waals surface area contributed by atoms with Gasteiger partial charge in [-0.25, -0.2) is 0 Å². The summed E-state index contributed by atoms with van der Waals surface area (Å²) < 4.78 is 107. The molecular weight excluding hydrogens is 416 g/mol. The van der Waals surface area contributed by atoms with Gasteiger partial charge >= 0.3 is 102 Å². The third-order valence-corrected chi connectivity index (χ3v) is 8.59. The zero-order valence-electron chi connectivity index (χ0n) is 7.02. The molecule has 0 aliphatic heterocycles. The maximum atomic E-state index is 10.5. The van der Waals surface area contributed by atoms with Crippen molar-refractivity contribution in [2.45, 2.75) is 0 Å². The molecule has 17 heteroatoms. The Morgan fingerprint density at radius 3 is 0.941 bits per heavy atom. The van der Waals surface area contributed by atoms with Crippen molar-refractivity contribution in [3.63, 3.8) is 0 Å². The number of hydrogen-bond donors (Lipinski definition) is 2. The van der Waals surface area contributed by atoms with Crippen LogP contribution in [-0.2, 0) is 93.4 Å². The summed E-state index contributed by atoms with van der Waals surface area (Å²) in [6.07, 6.45) is 0. The molecule has 0 spiro atoms. The van der Waals surface area contributed by atoms with Crippen molar-refractivity contribution in [2.75, 3.05) is 0 Å². The summed E-state index contributed by atoms with van der Waals surface area (Å²) in [5.74, 6) is 0. The predicted octanol–water partition coefficient (Wildman–Crippen LogP) is -2.28. The van der Waals surface area contributed by atoms with Gasteiger partial charge in [0.25, 0.3) is 0 Å². The molecule has 0 aromatic carbocycles. The predicted molar refractivity (Wildman–Crippen MR) is 13.2 cm³/mol. The molecule has 13 nitrogen and oxygen atoms in total. The third-order valence-electron chi connectivity index (χ3n) is 0.505. The summed E-state index contributed by atoms with van der Waals surface area (Å²) in [5.41, 5.74) is 0. The van der Waals surface area contributed by atoms with E-state index in [0.29, 0.717) is 0 Å². The zero-order valence-corrected chi connectivity index (χ0v) is 12.1. The maximum absolute atomic E-state index is 10.5. The van der Waals surface area contributed by atoms with Crippen LogP contribution < -0.4 is 0 Å². The molecule has 0 aliphatic carbocycles. The molecule has 0 rings (SSSR count). The van der Waals surface area contributed by atoms with Crippen molar-refractivity contribution in [2.24, 2.45) is 0 Å². The van der Waals surface area contributed by atoms with E-state index in [1.165, 1.54) is 0 Å². The van der Waals surface area contributed by atoms with E-state index < -0.39 is 54.5 Å². The van der Waals surface area contributed by atoms with Crippen molar-refractivity contribution in [1.82, 2.24) is 0 Å². The second kappa shape index (κ2) is 5.14. The first-order valence-electron chi connectivity index (χ1n) is 2.70. The van der Waals surface area contributed by atoms with Crippen molar-refractivity contribution >= 4 is 0 Å². The van der Waals surface area contributed by atoms with E-state index in [4.69, 9.17) is 8.32 Å². The molecule has 0 fully saturated rings. The van der Waals surface area contributed by atoms with Crippen LogP contribution in [0, 0.1) is 0 Å². The molecule has 0 heterocycles. The Balaban J connectivity index is 5.11. The summed E-state index contributed by atoms with van der Waals surface area (Å²) in [6.45, 7) is 0. The van der Waals surface area contributed by atoms with E-state index in [2.05, 4.69) is 8.52 Å². The Labute approximate surface area is 101 Å². The van der Waals surface area contributed by atoms with Crippen LogP contribution in [0.2, 0.25) is 0 Å². The average Bonchev–Trinajstić information content (AvgIpc) is 1.65. The van der Waals surface area contributed by atoms with Crippen LogP contribution in [0.15, 0.2) is 0 Å². The molecule has 0 aromatic heterocycles. The Morgan fingerprint density at radius 1 is 0.529 bits per heavy atom. The quantitative estimate of drug-likeness (QED) is 0.467. The van der Waals surface area contributed by atoms with E-state index in [9.17, 15) is 30.4 Å². The second-order valence-electron chi connectivity index (χ2n) is 1.88. The first-order valence-corrected chi connectivity index (χ1v) is 11.1. The fourth-order valence-corrected chi connectivity index (χ4v) is 6.91. The molecule has 0 amide bonds. The van der Waals surface area contributed by atoms with Gasteiger partial charge in [-0.05, 0) is 0 Å². The molecule has 0 unspecified atom stereocenters. The Morgan fingerprint density at radius 2 is 0.765 bits per heavy atom. The number of rotatable bonds is 6. The van der Waals surface area contributed by atoms with Crippen molar-refractivity contribution in [3.05, 3.63) is 0 Å². The normalized spacial score (nSPS) is 14.7. The summed E-state index contributed by atoms with van der Waals surface area (Å²) in [4.78, 5) is 0. The van der Waals surface area contributed by atoms with Gasteiger partial charge < -0.3 is 0 Å². The first-order chi connectivity index (χ1) is 7.12. The Kier molecular flexibility index (Phi) is 5.24. The fraction of sp³-hybridized carbons (Fsp3) is 0. The molecule has 0 radical (unpaired) electrons. The van der Waals surface area contributed by atoms with Crippen molar-refractivity contribution in [3.8, 4) is 0 Å². The third kappa shape index (κ3) is 9.98. The van der Waals surface area contributed by atoms with Crippen LogP contribution in [0.25, 0.3) is 0 Å². The summed E-state index contributed by atoms with van der Waals surface area (Å²) >= 11 is -25.9. The SMILES string of the molecule is [O]=[Cr](=[O])([OH])[O][Cr](=[O])(=[O])[O][Cr](=[O])(=[O])[O][Cr](=[O])(=[O])[OH]. The van der Waals surface area contributed by atoms with Gasteiger partial charge in [-0.2, -0.15) is 0 Å². The van der Waals surface area contributed by atoms with Gasteiger partial charge in [0.1, 0.15) is 0 Å². The van der Waals surface area contributed by atoms with Gasteiger partial charge in [0.2, 0.25) is 0 Å². The standard InChI is InChI=1S/4Cr.2H2O.11O/h;;;;2*1H2;;;;;;;;;;;/q;;2*+1;;;;;;;;;;;;;/p-2. The van der Waals surface area contributed by atoms with Gasteiger partial charge in [0, 0.05) is 0 Å². The van der Waals surface area contributed by atoms with E-state index in [-0.39, 0.29) is 0 Å². The van der Waals surface area contributed by atoms with Crippen LogP contribution in [0.1, 0.15) is 0 Å². The molecule has 0 saturated heterocycles. The topological polar surface area (TPSA) is 205 Å². The van der Waals surface area contributed by atoms with Crippen LogP contribution in [0.5, 0.6) is 0 Å². The number of hydrogen-bond acceptors (Lipinski definition) is 11. The first kappa shape index (κ1) is 17.3. The molecule has 0 saturated carbocycles. The van der Waals surface area contributed by atoms with Gasteiger partial charge in [-0.1, -0.05) is 0 Å². The van der Waals surface area contributed by atoms with E-state index in [1.54, 1.807) is 0 Å². The summed E-state index contributed by atoms with van der Waals surface area (Å²) in [5, 5.41) is 0. The second-order valence-corrected chi connectivity index (χ2v) is 10.4. The molecular formula is H2Cr4O13. The van der Waals surface area contributed by atoms with Crippen molar-refractivity contribution < 1.29 is 102 Å². The minimum atomic E-state index is -6.61. The monoisotopic (exact) mass is 418 g/mol. The Hall–Kier alpha value is 0.330. The minimum absolute atomic E-state index is 2.89. The molecule has 2 N–H and O–H groups in total. The Bertz CT molecular complexity index is 601. The van der Waals surface area contributed by atoms with Gasteiger partial charge in [-0.3, -0.25) is 0 Å². The van der Waals surface area contributed by atoms with Crippen LogP contribution in [0.4, 0.5) is 0 Å². The molecule has 0 aromatic rings. The molecule has 104 valence electrons. The zero-order chi connectivity index (χ0) is 14.1. The van der Waals surface area contributed by atoms with Gasteiger partial charge in [0.15, 0.2) is 0 Å². The van der Waals surface area contributed by atoms with Crippen LogP contribution in [-0.4, -0.2) is 8.32 Å². The van der Waals surface area contributed by atoms with Gasteiger partial charge in [0.05, 0.1) is 0 Å². The average molecular weight is 418 g/mol. The van der Waals surface area contributed by atoms with Crippen LogP contribution in [0.3, 0.4) is 0 Å². The molecule has 0 atom stereocenters. The fourth-order valence-electron chi connectivity index (χ4n) is 0.335. The van der Waals surface area contributed by atoms with Crippen LogP contribution >= 0.6 is 0 Å². The van der Waals surface area contributed by atoms with Gasteiger partial charge in [-0.15, -0.1) is 0 Å². The van der Waals surface area contributed by atoms with E-state index in [1.807, 2.05) is 0 Å². The van der Waals surface area contributed by atoms with Crippen molar-refractivity contribution in [1.29, 1.82) is 0 Å². The van der Waals surface area contributed by atoms with E-state index in [0.717, 1.165) is 0 Å². The molecule has 0 bridgehead atoms. The summed E-state index contributed by atoms with van der Waals surface area (Å²) in [7, 11) is 0. The summed E-state index contributed by atoms with van der Waals surface area (Å²) in [6, 6.07) is 0. The molecule has 0 aliphatic rings. The van der Waals surface area contributed by atoms with E-state index >= 15 is 0 Å².